The maximum Gasteiger partial charge on any atom is 0.244 e. The van der Waals surface area contributed by atoms with Crippen LogP contribution in [0.5, 0.6) is 0 Å². The van der Waals surface area contributed by atoms with Crippen LogP contribution in [0.3, 0.4) is 0 Å². The molecule has 0 radical (unpaired) electrons. The number of thiophene rings is 1. The maximum atomic E-state index is 13.1. The first-order valence-corrected chi connectivity index (χ1v) is 9.07. The van der Waals surface area contributed by atoms with E-state index < -0.39 is 0 Å². The van der Waals surface area contributed by atoms with E-state index in [2.05, 4.69) is 36.2 Å². The largest absolute Gasteiger partial charge is 0.317 e. The molecule has 3 aliphatic rings. The van der Waals surface area contributed by atoms with E-state index in [0.29, 0.717) is 11.9 Å². The third kappa shape index (κ3) is 2.07. The van der Waals surface area contributed by atoms with Crippen molar-refractivity contribution in [2.45, 2.75) is 70.1 Å². The van der Waals surface area contributed by atoms with Gasteiger partial charge in [0.15, 0.2) is 0 Å². The van der Waals surface area contributed by atoms with Gasteiger partial charge in [0.1, 0.15) is 6.17 Å². The van der Waals surface area contributed by atoms with Gasteiger partial charge in [0.05, 0.1) is 5.54 Å². The van der Waals surface area contributed by atoms with Gasteiger partial charge in [-0.1, -0.05) is 19.8 Å². The summed E-state index contributed by atoms with van der Waals surface area (Å²) in [5.41, 5.74) is -0.249. The van der Waals surface area contributed by atoms with E-state index in [4.69, 9.17) is 0 Å². The SMILES string of the molecule is Cc1ccc(C2NC3(CCCC3)C(=O)N2C2CC(C)C2)s1. The highest BCUT2D eigenvalue weighted by atomic mass is 32.1. The van der Waals surface area contributed by atoms with E-state index in [0.717, 1.165) is 18.8 Å². The Kier molecular flexibility index (Phi) is 3.16. The van der Waals surface area contributed by atoms with Gasteiger partial charge in [-0.2, -0.15) is 0 Å². The van der Waals surface area contributed by atoms with Gasteiger partial charge in [0.2, 0.25) is 5.91 Å². The number of nitrogens with zero attached hydrogens (tertiary/aromatic N) is 1. The fraction of sp³-hybridized carbons (Fsp3) is 0.706. The maximum absolute atomic E-state index is 13.1. The summed E-state index contributed by atoms with van der Waals surface area (Å²) in [5.74, 6) is 1.15. The predicted octanol–water partition coefficient (Wildman–Crippen LogP) is 3.60. The minimum absolute atomic E-state index is 0.117. The molecule has 1 aliphatic heterocycles. The van der Waals surface area contributed by atoms with Crippen molar-refractivity contribution >= 4 is 17.2 Å². The summed E-state index contributed by atoms with van der Waals surface area (Å²) < 4.78 is 0. The molecule has 1 atom stereocenters. The Hall–Kier alpha value is -0.870. The first-order chi connectivity index (χ1) is 10.1. The van der Waals surface area contributed by atoms with Crippen molar-refractivity contribution in [1.29, 1.82) is 0 Å². The Morgan fingerprint density at radius 2 is 2.00 bits per heavy atom. The van der Waals surface area contributed by atoms with Crippen molar-refractivity contribution in [3.05, 3.63) is 21.9 Å². The van der Waals surface area contributed by atoms with Gasteiger partial charge >= 0.3 is 0 Å². The molecule has 1 unspecified atom stereocenters. The highest BCUT2D eigenvalue weighted by molar-refractivity contribution is 7.12. The number of carbonyl (C=O) groups excluding carboxylic acids is 1. The van der Waals surface area contributed by atoms with Crippen LogP contribution in [-0.4, -0.2) is 22.4 Å². The highest BCUT2D eigenvalue weighted by Crippen LogP contribution is 2.46. The molecule has 2 aliphatic carbocycles. The van der Waals surface area contributed by atoms with Gasteiger partial charge in [-0.25, -0.2) is 0 Å². The Labute approximate surface area is 130 Å². The van der Waals surface area contributed by atoms with Gasteiger partial charge < -0.3 is 4.90 Å². The van der Waals surface area contributed by atoms with Crippen molar-refractivity contribution in [1.82, 2.24) is 10.2 Å². The van der Waals surface area contributed by atoms with E-state index in [-0.39, 0.29) is 11.7 Å². The summed E-state index contributed by atoms with van der Waals surface area (Å²) in [5, 5.41) is 3.75. The monoisotopic (exact) mass is 304 g/mol. The molecule has 2 heterocycles. The fourth-order valence-electron chi connectivity index (χ4n) is 4.37. The zero-order valence-corrected chi connectivity index (χ0v) is 13.7. The third-order valence-electron chi connectivity index (χ3n) is 5.57. The molecule has 3 fully saturated rings. The van der Waals surface area contributed by atoms with Crippen LogP contribution < -0.4 is 5.32 Å². The Morgan fingerprint density at radius 3 is 2.57 bits per heavy atom. The van der Waals surface area contributed by atoms with Gasteiger partial charge in [-0.05, 0) is 50.7 Å². The first kappa shape index (κ1) is 13.8. The summed E-state index contributed by atoms with van der Waals surface area (Å²) in [6.07, 6.45) is 6.87. The lowest BCUT2D eigenvalue weighted by atomic mass is 9.80. The lowest BCUT2D eigenvalue weighted by Crippen LogP contribution is -2.49. The third-order valence-corrected chi connectivity index (χ3v) is 6.62. The standard InChI is InChI=1S/C17H24N2OS/c1-11-9-13(10-11)19-15(14-6-5-12(2)21-14)18-17(16(19)20)7-3-4-8-17/h5-6,11,13,15,18H,3-4,7-10H2,1-2H3. The van der Waals surface area contributed by atoms with Crippen LogP contribution in [0.4, 0.5) is 0 Å². The van der Waals surface area contributed by atoms with Gasteiger partial charge in [0.25, 0.3) is 0 Å². The summed E-state index contributed by atoms with van der Waals surface area (Å²) in [7, 11) is 0. The predicted molar refractivity (Wildman–Crippen MR) is 85.2 cm³/mol. The topological polar surface area (TPSA) is 32.3 Å². The molecule has 1 aromatic heterocycles. The van der Waals surface area contributed by atoms with E-state index in [1.165, 1.54) is 35.4 Å². The second-order valence-electron chi connectivity index (χ2n) is 7.23. The van der Waals surface area contributed by atoms with Crippen LogP contribution in [-0.2, 0) is 4.79 Å². The molecule has 3 nitrogen and oxygen atoms in total. The summed E-state index contributed by atoms with van der Waals surface area (Å²) in [4.78, 5) is 18.0. The lowest BCUT2D eigenvalue weighted by Gasteiger charge is -2.42. The van der Waals surface area contributed by atoms with E-state index >= 15 is 0 Å². The molecule has 21 heavy (non-hydrogen) atoms. The Morgan fingerprint density at radius 1 is 1.29 bits per heavy atom. The van der Waals surface area contributed by atoms with E-state index in [1.807, 2.05) is 11.3 Å². The van der Waals surface area contributed by atoms with Crippen LogP contribution in [0, 0.1) is 12.8 Å². The van der Waals surface area contributed by atoms with Gasteiger partial charge in [0, 0.05) is 15.8 Å². The number of hydrogen-bond donors (Lipinski definition) is 1. The molecule has 1 aromatic rings. The average Bonchev–Trinajstić information content (AvgIpc) is 3.10. The number of amides is 1. The molecule has 1 saturated heterocycles. The molecule has 2 saturated carbocycles. The molecular weight excluding hydrogens is 280 g/mol. The van der Waals surface area contributed by atoms with Crippen molar-refractivity contribution in [2.75, 3.05) is 0 Å². The normalized spacial score (nSPS) is 34.7. The van der Waals surface area contributed by atoms with Crippen LogP contribution in [0.15, 0.2) is 12.1 Å². The Bertz CT molecular complexity index is 555. The van der Waals surface area contributed by atoms with Crippen LogP contribution in [0.1, 0.15) is 61.4 Å². The zero-order chi connectivity index (χ0) is 14.6. The molecular formula is C17H24N2OS. The smallest absolute Gasteiger partial charge is 0.244 e. The lowest BCUT2D eigenvalue weighted by molar-refractivity contribution is -0.138. The van der Waals surface area contributed by atoms with E-state index in [1.54, 1.807) is 0 Å². The molecule has 1 amide bonds. The second kappa shape index (κ2) is 4.82. The summed E-state index contributed by atoms with van der Waals surface area (Å²) in [6.45, 7) is 4.44. The molecule has 4 heteroatoms. The Balaban J connectivity index is 1.67. The van der Waals surface area contributed by atoms with E-state index in [9.17, 15) is 4.79 Å². The number of aryl methyl sites for hydroxylation is 1. The summed E-state index contributed by atoms with van der Waals surface area (Å²) >= 11 is 1.83. The molecule has 114 valence electrons. The van der Waals surface area contributed by atoms with Gasteiger partial charge in [-0.3, -0.25) is 10.1 Å². The average molecular weight is 304 g/mol. The molecule has 0 aromatic carbocycles. The summed E-state index contributed by atoms with van der Waals surface area (Å²) in [6, 6.07) is 4.83. The molecule has 1 spiro atoms. The van der Waals surface area contributed by atoms with Crippen molar-refractivity contribution in [2.24, 2.45) is 5.92 Å². The number of carbonyl (C=O) groups is 1. The highest BCUT2D eigenvalue weighted by Gasteiger charge is 2.55. The number of rotatable bonds is 2. The fourth-order valence-corrected chi connectivity index (χ4v) is 5.29. The number of hydrogen-bond acceptors (Lipinski definition) is 3. The van der Waals surface area contributed by atoms with Crippen molar-refractivity contribution < 1.29 is 4.79 Å². The van der Waals surface area contributed by atoms with Crippen LogP contribution in [0.2, 0.25) is 0 Å². The number of nitrogens with one attached hydrogen (secondary N) is 1. The second-order valence-corrected chi connectivity index (χ2v) is 8.55. The van der Waals surface area contributed by atoms with Gasteiger partial charge in [-0.15, -0.1) is 11.3 Å². The first-order valence-electron chi connectivity index (χ1n) is 8.26. The molecule has 4 rings (SSSR count). The zero-order valence-electron chi connectivity index (χ0n) is 12.9. The minimum Gasteiger partial charge on any atom is -0.317 e. The minimum atomic E-state index is -0.249. The van der Waals surface area contributed by atoms with Crippen molar-refractivity contribution in [3.63, 3.8) is 0 Å². The van der Waals surface area contributed by atoms with Crippen LogP contribution >= 0.6 is 11.3 Å². The molecule has 0 bridgehead atoms. The quantitative estimate of drug-likeness (QED) is 0.905. The molecule has 1 N–H and O–H groups in total. The van der Waals surface area contributed by atoms with Crippen LogP contribution in [0.25, 0.3) is 0 Å². The van der Waals surface area contributed by atoms with Crippen molar-refractivity contribution in [3.8, 4) is 0 Å².